The number of carbonyl (C=O) groups is 1. The fourth-order valence-corrected chi connectivity index (χ4v) is 3.41. The molecule has 0 aliphatic heterocycles. The van der Waals surface area contributed by atoms with Crippen molar-refractivity contribution in [3.8, 4) is 22.8 Å². The first-order valence-electron chi connectivity index (χ1n) is 8.84. The summed E-state index contributed by atoms with van der Waals surface area (Å²) < 4.78 is 11.0. The van der Waals surface area contributed by atoms with Crippen molar-refractivity contribution >= 4 is 22.4 Å². The number of hydrogen-bond donors (Lipinski definition) is 1. The van der Waals surface area contributed by atoms with Gasteiger partial charge in [-0.15, -0.1) is 11.3 Å². The van der Waals surface area contributed by atoms with Gasteiger partial charge in [0.25, 0.3) is 0 Å². The molecule has 3 aromatic rings. The zero-order valence-electron chi connectivity index (χ0n) is 15.4. The molecular formula is C21H22N2O3S. The number of amides is 1. The number of aryl methyl sites for hydroxylation is 1. The normalized spacial score (nSPS) is 10.4. The lowest BCUT2D eigenvalue weighted by Gasteiger charge is -2.05. The molecule has 0 atom stereocenters. The van der Waals surface area contributed by atoms with Crippen molar-refractivity contribution in [2.75, 3.05) is 18.5 Å². The molecule has 0 aliphatic carbocycles. The second kappa shape index (κ2) is 9.19. The summed E-state index contributed by atoms with van der Waals surface area (Å²) in [6, 6.07) is 17.3. The van der Waals surface area contributed by atoms with Gasteiger partial charge in [-0.25, -0.2) is 4.98 Å². The Bertz CT molecular complexity index is 876. The summed E-state index contributed by atoms with van der Waals surface area (Å²) in [5.74, 6) is 1.48. The lowest BCUT2D eigenvalue weighted by atomic mass is 10.1. The van der Waals surface area contributed by atoms with Crippen molar-refractivity contribution in [2.45, 2.75) is 20.3 Å². The van der Waals surface area contributed by atoms with Gasteiger partial charge in [-0.1, -0.05) is 18.2 Å². The van der Waals surface area contributed by atoms with Crippen molar-refractivity contribution in [3.63, 3.8) is 0 Å². The van der Waals surface area contributed by atoms with E-state index in [0.717, 1.165) is 27.6 Å². The van der Waals surface area contributed by atoms with Crippen LogP contribution in [0.3, 0.4) is 0 Å². The van der Waals surface area contributed by atoms with Crippen LogP contribution >= 0.6 is 11.3 Å². The Kier molecular flexibility index (Phi) is 6.44. The minimum absolute atomic E-state index is 0.113. The number of nitrogens with zero attached hydrogens (tertiary/aromatic N) is 1. The van der Waals surface area contributed by atoms with Crippen LogP contribution in [-0.4, -0.2) is 24.1 Å². The highest BCUT2D eigenvalue weighted by atomic mass is 32.1. The molecule has 1 heterocycles. The number of thiazole rings is 1. The molecule has 1 N–H and O–H groups in total. The Morgan fingerprint density at radius 1 is 1.04 bits per heavy atom. The monoisotopic (exact) mass is 382 g/mol. The van der Waals surface area contributed by atoms with Crippen LogP contribution in [0.1, 0.15) is 18.2 Å². The van der Waals surface area contributed by atoms with Gasteiger partial charge in [-0.2, -0.15) is 0 Å². The van der Waals surface area contributed by atoms with Crippen LogP contribution in [-0.2, 0) is 4.79 Å². The first-order valence-corrected chi connectivity index (χ1v) is 9.65. The van der Waals surface area contributed by atoms with Gasteiger partial charge in [0.15, 0.2) is 5.13 Å². The number of ether oxygens (including phenoxy) is 2. The zero-order valence-corrected chi connectivity index (χ0v) is 16.2. The predicted molar refractivity (Wildman–Crippen MR) is 109 cm³/mol. The molecule has 0 spiro atoms. The van der Waals surface area contributed by atoms with Gasteiger partial charge in [0.2, 0.25) is 5.91 Å². The fourth-order valence-electron chi connectivity index (χ4n) is 2.55. The molecule has 140 valence electrons. The van der Waals surface area contributed by atoms with Crippen LogP contribution < -0.4 is 14.8 Å². The van der Waals surface area contributed by atoms with Gasteiger partial charge < -0.3 is 14.8 Å². The molecule has 5 nitrogen and oxygen atoms in total. The summed E-state index contributed by atoms with van der Waals surface area (Å²) in [5.41, 5.74) is 1.87. The third-order valence-corrected chi connectivity index (χ3v) is 4.71. The van der Waals surface area contributed by atoms with Crippen LogP contribution in [0.15, 0.2) is 54.6 Å². The van der Waals surface area contributed by atoms with E-state index in [9.17, 15) is 4.79 Å². The lowest BCUT2D eigenvalue weighted by Crippen LogP contribution is -2.15. The average molecular weight is 382 g/mol. The molecule has 1 amide bonds. The number of hydrogen-bond acceptors (Lipinski definition) is 5. The Labute approximate surface area is 163 Å². The molecule has 27 heavy (non-hydrogen) atoms. The zero-order chi connectivity index (χ0) is 19.1. The summed E-state index contributed by atoms with van der Waals surface area (Å²) >= 11 is 1.47. The Morgan fingerprint density at radius 2 is 1.74 bits per heavy atom. The Morgan fingerprint density at radius 3 is 2.44 bits per heavy atom. The summed E-state index contributed by atoms with van der Waals surface area (Å²) in [6.07, 6.45) is 0.270. The van der Waals surface area contributed by atoms with Crippen LogP contribution in [0.2, 0.25) is 0 Å². The van der Waals surface area contributed by atoms with Crippen LogP contribution in [0.4, 0.5) is 5.13 Å². The molecule has 0 saturated carbocycles. The summed E-state index contributed by atoms with van der Waals surface area (Å²) in [4.78, 5) is 17.8. The number of nitrogens with one attached hydrogen (secondary N) is 1. The molecule has 0 radical (unpaired) electrons. The topological polar surface area (TPSA) is 60.5 Å². The average Bonchev–Trinajstić information content (AvgIpc) is 3.03. The number of carbonyl (C=O) groups excluding carboxylic acids is 1. The van der Waals surface area contributed by atoms with Crippen molar-refractivity contribution < 1.29 is 14.3 Å². The highest BCUT2D eigenvalue weighted by Gasteiger charge is 2.12. The van der Waals surface area contributed by atoms with Crippen molar-refractivity contribution in [2.24, 2.45) is 0 Å². The summed E-state index contributed by atoms with van der Waals surface area (Å²) in [7, 11) is 0. The maximum Gasteiger partial charge on any atom is 0.229 e. The first-order chi connectivity index (χ1) is 13.2. The largest absolute Gasteiger partial charge is 0.494 e. The molecule has 0 fully saturated rings. The second-order valence-corrected chi connectivity index (χ2v) is 7.04. The van der Waals surface area contributed by atoms with Crippen molar-refractivity contribution in [1.29, 1.82) is 0 Å². The molecule has 6 heteroatoms. The maximum absolute atomic E-state index is 12.1. The van der Waals surface area contributed by atoms with E-state index in [2.05, 4.69) is 10.3 Å². The van der Waals surface area contributed by atoms with Gasteiger partial charge in [-0.3, -0.25) is 4.79 Å². The van der Waals surface area contributed by atoms with Crippen molar-refractivity contribution in [3.05, 3.63) is 59.5 Å². The number of aromatic nitrogens is 1. The number of para-hydroxylation sites is 1. The number of rotatable bonds is 8. The quantitative estimate of drug-likeness (QED) is 0.600. The van der Waals surface area contributed by atoms with Gasteiger partial charge in [0.1, 0.15) is 11.5 Å². The fraction of sp³-hybridized carbons (Fsp3) is 0.238. The molecule has 3 rings (SSSR count). The van der Waals surface area contributed by atoms with Gasteiger partial charge in [0.05, 0.1) is 25.3 Å². The minimum Gasteiger partial charge on any atom is -0.494 e. The van der Waals surface area contributed by atoms with E-state index in [1.807, 2.05) is 68.4 Å². The third kappa shape index (κ3) is 5.31. The van der Waals surface area contributed by atoms with E-state index >= 15 is 0 Å². The van der Waals surface area contributed by atoms with Crippen LogP contribution in [0.25, 0.3) is 11.3 Å². The van der Waals surface area contributed by atoms with Crippen LogP contribution in [0, 0.1) is 6.92 Å². The molecule has 1 aromatic heterocycles. The van der Waals surface area contributed by atoms with E-state index in [0.29, 0.717) is 18.3 Å². The van der Waals surface area contributed by atoms with Gasteiger partial charge >= 0.3 is 0 Å². The van der Waals surface area contributed by atoms with E-state index < -0.39 is 0 Å². The van der Waals surface area contributed by atoms with Crippen molar-refractivity contribution in [1.82, 2.24) is 4.98 Å². The summed E-state index contributed by atoms with van der Waals surface area (Å²) in [6.45, 7) is 4.92. The van der Waals surface area contributed by atoms with E-state index in [-0.39, 0.29) is 12.3 Å². The highest BCUT2D eigenvalue weighted by Crippen LogP contribution is 2.31. The van der Waals surface area contributed by atoms with Gasteiger partial charge in [0, 0.05) is 10.4 Å². The van der Waals surface area contributed by atoms with Crippen LogP contribution in [0.5, 0.6) is 11.5 Å². The molecule has 2 aromatic carbocycles. The standard InChI is InChI=1S/C21H22N2O3S/c1-3-25-18-11-9-16(10-12-18)20-15(2)27-21(23-20)22-19(24)13-14-26-17-7-5-4-6-8-17/h4-12H,3,13-14H2,1-2H3,(H,22,23,24). The smallest absolute Gasteiger partial charge is 0.229 e. The Balaban J connectivity index is 1.56. The summed E-state index contributed by atoms with van der Waals surface area (Å²) in [5, 5.41) is 3.45. The number of anilines is 1. The Hall–Kier alpha value is -2.86. The predicted octanol–water partition coefficient (Wildman–Crippen LogP) is 4.92. The van der Waals surface area contributed by atoms with E-state index in [1.165, 1.54) is 11.3 Å². The molecular weight excluding hydrogens is 360 g/mol. The first kappa shape index (κ1) is 18.9. The van der Waals surface area contributed by atoms with Gasteiger partial charge in [-0.05, 0) is 50.2 Å². The molecule has 0 bridgehead atoms. The number of benzene rings is 2. The molecule has 0 saturated heterocycles. The minimum atomic E-state index is -0.113. The maximum atomic E-state index is 12.1. The lowest BCUT2D eigenvalue weighted by molar-refractivity contribution is -0.116. The SMILES string of the molecule is CCOc1ccc(-c2nc(NC(=O)CCOc3ccccc3)sc2C)cc1. The third-order valence-electron chi connectivity index (χ3n) is 3.82. The molecule has 0 aliphatic rings. The molecule has 0 unspecified atom stereocenters. The second-order valence-electron chi connectivity index (χ2n) is 5.84. The van der Waals surface area contributed by atoms with E-state index in [4.69, 9.17) is 9.47 Å². The van der Waals surface area contributed by atoms with E-state index in [1.54, 1.807) is 0 Å². The highest BCUT2D eigenvalue weighted by molar-refractivity contribution is 7.16.